The van der Waals surface area contributed by atoms with Crippen LogP contribution in [0.4, 0.5) is 34.1 Å². The van der Waals surface area contributed by atoms with E-state index in [9.17, 15) is 0 Å². The van der Waals surface area contributed by atoms with Crippen molar-refractivity contribution in [1.29, 1.82) is 0 Å². The predicted octanol–water partition coefficient (Wildman–Crippen LogP) is 20.4. The molecule has 0 amide bonds. The first kappa shape index (κ1) is 56.1. The molecule has 0 fully saturated rings. The third kappa shape index (κ3) is 9.05. The van der Waals surface area contributed by atoms with Crippen molar-refractivity contribution in [2.24, 2.45) is 0 Å². The summed E-state index contributed by atoms with van der Waals surface area (Å²) in [6.07, 6.45) is 0. The molecule has 0 saturated heterocycles. The fourth-order valence-corrected chi connectivity index (χ4v) is 15.7. The van der Waals surface area contributed by atoms with Gasteiger partial charge in [0.25, 0.3) is 6.71 Å². The number of benzene rings is 13. The Bertz CT molecular complexity index is 5740. The average molecular weight is 1240 g/mol. The Balaban J connectivity index is 0.854. The summed E-state index contributed by atoms with van der Waals surface area (Å²) < 4.78 is 2.45. The minimum absolute atomic E-state index is 0.0429. The Labute approximate surface area is 563 Å². The molecule has 16 aromatic rings. The number of aromatic nitrogens is 5. The fourth-order valence-electron chi connectivity index (χ4n) is 15.7. The highest BCUT2D eigenvalue weighted by atomic mass is 15.2. The van der Waals surface area contributed by atoms with Gasteiger partial charge in [0.05, 0.1) is 45.2 Å². The molecule has 0 bridgehead atoms. The van der Waals surface area contributed by atoms with Crippen LogP contribution in [0.1, 0.15) is 25.0 Å². The highest BCUT2D eigenvalue weighted by molar-refractivity contribution is 7.00. The summed E-state index contributed by atoms with van der Waals surface area (Å²) >= 11 is 0. The van der Waals surface area contributed by atoms with Gasteiger partial charge in [-0.15, -0.1) is 0 Å². The number of anilines is 6. The van der Waals surface area contributed by atoms with E-state index >= 15 is 0 Å². The summed E-state index contributed by atoms with van der Waals surface area (Å²) in [5.74, 6) is 1.22. The lowest BCUT2D eigenvalue weighted by atomic mass is 9.33. The van der Waals surface area contributed by atoms with Gasteiger partial charge >= 0.3 is 0 Å². The van der Waals surface area contributed by atoms with Crippen molar-refractivity contribution in [3.05, 3.63) is 339 Å². The van der Waals surface area contributed by atoms with Crippen LogP contribution in [0, 0.1) is 0 Å². The van der Waals surface area contributed by atoms with E-state index in [-0.39, 0.29) is 12.1 Å². The zero-order chi connectivity index (χ0) is 64.3. The van der Waals surface area contributed by atoms with Crippen LogP contribution in [0.25, 0.3) is 118 Å². The van der Waals surface area contributed by atoms with Crippen molar-refractivity contribution in [1.82, 2.24) is 24.5 Å². The Morgan fingerprint density at radius 1 is 0.289 bits per heavy atom. The maximum absolute atomic E-state index is 5.86. The molecule has 0 radical (unpaired) electrons. The number of para-hydroxylation sites is 5. The van der Waals surface area contributed by atoms with Crippen LogP contribution >= 0.6 is 0 Å². The Kier molecular flexibility index (Phi) is 12.9. The van der Waals surface area contributed by atoms with Gasteiger partial charge < -0.3 is 14.4 Å². The molecular formula is C89H60BN7. The van der Waals surface area contributed by atoms with Crippen molar-refractivity contribution < 1.29 is 0 Å². The first-order valence-electron chi connectivity index (χ1n) is 33.3. The summed E-state index contributed by atoms with van der Waals surface area (Å²) in [4.78, 5) is 27.2. The molecule has 1 aliphatic carbocycles. The number of fused-ring (bicyclic) bond motifs is 10. The van der Waals surface area contributed by atoms with Crippen LogP contribution in [-0.2, 0) is 5.41 Å². The summed E-state index contributed by atoms with van der Waals surface area (Å²) in [6, 6.07) is 118. The third-order valence-electron chi connectivity index (χ3n) is 20.2. The second-order valence-corrected chi connectivity index (χ2v) is 26.1. The Morgan fingerprint density at radius 3 is 1.46 bits per heavy atom. The summed E-state index contributed by atoms with van der Waals surface area (Å²) in [7, 11) is 0. The molecule has 3 aliphatic rings. The molecule has 13 aromatic carbocycles. The zero-order valence-electron chi connectivity index (χ0n) is 53.4. The van der Waals surface area contributed by atoms with E-state index in [1.54, 1.807) is 0 Å². The van der Waals surface area contributed by atoms with E-state index in [2.05, 4.69) is 332 Å². The fraction of sp³-hybridized carbons (Fsp3) is 0.0337. The lowest BCUT2D eigenvalue weighted by molar-refractivity contribution is 0.661. The highest BCUT2D eigenvalue weighted by Gasteiger charge is 2.44. The van der Waals surface area contributed by atoms with Gasteiger partial charge in [-0.25, -0.2) is 19.9 Å². The standard InChI is InChI=1S/C89H60BN7/c1-89(2)71-41-20-18-39-66(71)68-53-69-67-40-19-23-44-79(67)97(84(69)54-72(68)89)80-49-47-62(78-55-75(57-27-8-3-9-28-57)91-87(92-78)59-31-12-5-13-32-59)52-70(80)88-93-76(58-29-10-4-11-30-58)56-77(94-88)61-34-26-33-60(51-61)65-48-50-83-85-86(65)96(64-37-16-7-17-38-64)82-46-25-22-43-74(82)90(85)73-42-21-24-45-81(73)95(83)63-35-14-6-15-36-63/h3-56H,1-2H3. The molecule has 454 valence electrons. The molecule has 0 unspecified atom stereocenters. The molecule has 0 spiro atoms. The summed E-state index contributed by atoms with van der Waals surface area (Å²) in [5.41, 5.74) is 29.8. The maximum Gasteiger partial charge on any atom is 0.252 e. The number of hydrogen-bond donors (Lipinski definition) is 0. The molecule has 3 aromatic heterocycles. The quantitative estimate of drug-likeness (QED) is 0.127. The van der Waals surface area contributed by atoms with Crippen molar-refractivity contribution in [2.45, 2.75) is 19.3 Å². The van der Waals surface area contributed by atoms with Crippen molar-refractivity contribution in [3.8, 4) is 95.7 Å². The van der Waals surface area contributed by atoms with E-state index < -0.39 is 0 Å². The molecular weight excluding hydrogens is 1180 g/mol. The molecule has 5 heterocycles. The molecule has 19 rings (SSSR count). The monoisotopic (exact) mass is 1240 g/mol. The van der Waals surface area contributed by atoms with Crippen LogP contribution in [0.3, 0.4) is 0 Å². The number of nitrogens with zero attached hydrogens (tertiary/aromatic N) is 7. The number of rotatable bonds is 10. The van der Waals surface area contributed by atoms with E-state index in [1.165, 1.54) is 55.1 Å². The van der Waals surface area contributed by atoms with Crippen LogP contribution < -0.4 is 26.2 Å². The van der Waals surface area contributed by atoms with Gasteiger partial charge in [0.15, 0.2) is 11.6 Å². The van der Waals surface area contributed by atoms with Gasteiger partial charge in [0.1, 0.15) is 0 Å². The maximum atomic E-state index is 5.86. The van der Waals surface area contributed by atoms with Gasteiger partial charge in [0.2, 0.25) is 0 Å². The van der Waals surface area contributed by atoms with Crippen LogP contribution in [0.5, 0.6) is 0 Å². The van der Waals surface area contributed by atoms with Crippen molar-refractivity contribution in [3.63, 3.8) is 0 Å². The summed E-state index contributed by atoms with van der Waals surface area (Å²) in [6.45, 7) is 4.68. The van der Waals surface area contributed by atoms with Gasteiger partial charge in [-0.2, -0.15) is 0 Å². The first-order chi connectivity index (χ1) is 47.9. The van der Waals surface area contributed by atoms with Gasteiger partial charge in [0, 0.05) is 83.6 Å². The second kappa shape index (κ2) is 22.3. The van der Waals surface area contributed by atoms with Gasteiger partial charge in [-0.3, -0.25) is 0 Å². The van der Waals surface area contributed by atoms with Crippen LogP contribution in [0.15, 0.2) is 328 Å². The number of hydrogen-bond acceptors (Lipinski definition) is 6. The van der Waals surface area contributed by atoms with Crippen molar-refractivity contribution >= 4 is 79.0 Å². The Hall–Kier alpha value is -12.5. The van der Waals surface area contributed by atoms with E-state index in [0.29, 0.717) is 11.6 Å². The van der Waals surface area contributed by atoms with Gasteiger partial charge in [-0.05, 0) is 135 Å². The lowest BCUT2D eigenvalue weighted by Gasteiger charge is -2.45. The van der Waals surface area contributed by atoms with E-state index in [0.717, 1.165) is 112 Å². The average Bonchev–Trinajstić information content (AvgIpc) is 0.830. The molecule has 0 saturated carbocycles. The normalized spacial score (nSPS) is 13.1. The minimum atomic E-state index is -0.235. The van der Waals surface area contributed by atoms with Crippen LogP contribution in [-0.4, -0.2) is 31.2 Å². The largest absolute Gasteiger partial charge is 0.311 e. The zero-order valence-corrected chi connectivity index (χ0v) is 53.4. The molecule has 2 aliphatic heterocycles. The highest BCUT2D eigenvalue weighted by Crippen LogP contribution is 2.53. The van der Waals surface area contributed by atoms with E-state index in [4.69, 9.17) is 19.9 Å². The van der Waals surface area contributed by atoms with Crippen molar-refractivity contribution in [2.75, 3.05) is 9.80 Å². The van der Waals surface area contributed by atoms with Crippen LogP contribution in [0.2, 0.25) is 0 Å². The van der Waals surface area contributed by atoms with Gasteiger partial charge in [-0.1, -0.05) is 250 Å². The SMILES string of the molecule is CC1(C)c2ccccc2-c2cc3c4ccccc4n(-c4ccc(-c5cc(-c6ccccc6)nc(-c6ccccc6)n5)cc4-c4nc(-c5ccccc5)cc(-c5cccc(-c6ccc7c8c6N(c6ccccc6)c6ccccc6B8c6ccccc6N7c6ccccc6)c5)n4)c3cc21. The molecule has 8 heteroatoms. The second-order valence-electron chi connectivity index (χ2n) is 26.1. The third-order valence-corrected chi connectivity index (χ3v) is 20.2. The predicted molar refractivity (Wildman–Crippen MR) is 402 cm³/mol. The molecule has 0 atom stereocenters. The molecule has 97 heavy (non-hydrogen) atoms. The Morgan fingerprint density at radius 2 is 0.794 bits per heavy atom. The minimum Gasteiger partial charge on any atom is -0.311 e. The topological polar surface area (TPSA) is 63.0 Å². The molecule has 7 nitrogen and oxygen atoms in total. The lowest BCUT2D eigenvalue weighted by Crippen LogP contribution is -2.61. The smallest absolute Gasteiger partial charge is 0.252 e. The van der Waals surface area contributed by atoms with E-state index in [1.807, 2.05) is 24.3 Å². The molecule has 0 N–H and O–H groups in total. The first-order valence-corrected chi connectivity index (χ1v) is 33.3. The summed E-state index contributed by atoms with van der Waals surface area (Å²) in [5, 5.41) is 2.35.